The number of hydrogen-bond donors (Lipinski definition) is 1. The quantitative estimate of drug-likeness (QED) is 0.821. The first-order valence-corrected chi connectivity index (χ1v) is 7.76. The Hall–Kier alpha value is -1.21. The van der Waals surface area contributed by atoms with Crippen LogP contribution in [-0.2, 0) is 16.4 Å². The first-order chi connectivity index (χ1) is 8.52. The fourth-order valence-corrected chi connectivity index (χ4v) is 3.64. The summed E-state index contributed by atoms with van der Waals surface area (Å²) in [6, 6.07) is -0.0705. The Bertz CT molecular complexity index is 500. The maximum Gasteiger partial charge on any atom is 0.225 e. The lowest BCUT2D eigenvalue weighted by Gasteiger charge is -2.33. The molecular weight excluding hydrogens is 252 g/mol. The maximum absolute atomic E-state index is 11.5. The smallest absolute Gasteiger partial charge is 0.225 e. The van der Waals surface area contributed by atoms with Gasteiger partial charge in [0.1, 0.15) is 0 Å². The second-order valence-corrected chi connectivity index (χ2v) is 6.81. The lowest BCUT2D eigenvalue weighted by atomic mass is 10.3. The van der Waals surface area contributed by atoms with E-state index in [1.807, 2.05) is 18.9 Å². The summed E-state index contributed by atoms with van der Waals surface area (Å²) in [7, 11) is -1.03. The number of aromatic nitrogens is 2. The lowest BCUT2D eigenvalue weighted by molar-refractivity contribution is 0.564. The Morgan fingerprint density at radius 1 is 1.44 bits per heavy atom. The zero-order chi connectivity index (χ0) is 13.2. The maximum atomic E-state index is 11.5. The van der Waals surface area contributed by atoms with Gasteiger partial charge in [0.15, 0.2) is 9.84 Å². The topological polar surface area (TPSA) is 75.2 Å². The summed E-state index contributed by atoms with van der Waals surface area (Å²) in [4.78, 5) is 10.5. The molecule has 1 aromatic heterocycles. The number of hydrogen-bond acceptors (Lipinski definition) is 6. The lowest BCUT2D eigenvalue weighted by Crippen LogP contribution is -2.47. The Morgan fingerprint density at radius 3 is 2.67 bits per heavy atom. The van der Waals surface area contributed by atoms with Crippen LogP contribution in [0.5, 0.6) is 0 Å². The standard InChI is InChI=1S/C11H18N4O2S/c1-9-8-18(16,17)4-3-15(9)11-13-6-10(5-12-2)7-14-11/h6-7,9,12H,3-5,8H2,1-2H3. The molecule has 6 nitrogen and oxygen atoms in total. The highest BCUT2D eigenvalue weighted by molar-refractivity contribution is 7.91. The number of rotatable bonds is 3. The molecule has 1 aliphatic heterocycles. The fourth-order valence-electron chi connectivity index (χ4n) is 2.09. The van der Waals surface area contributed by atoms with Gasteiger partial charge in [0.2, 0.25) is 5.95 Å². The molecule has 0 aromatic carbocycles. The van der Waals surface area contributed by atoms with Crippen molar-refractivity contribution < 1.29 is 8.42 Å². The summed E-state index contributed by atoms with van der Waals surface area (Å²) in [6.45, 7) is 3.08. The van der Waals surface area contributed by atoms with Gasteiger partial charge in [-0.25, -0.2) is 18.4 Å². The van der Waals surface area contributed by atoms with E-state index < -0.39 is 9.84 Å². The van der Waals surface area contributed by atoms with Crippen molar-refractivity contribution in [3.8, 4) is 0 Å². The molecule has 1 saturated heterocycles. The van der Waals surface area contributed by atoms with Crippen LogP contribution < -0.4 is 10.2 Å². The van der Waals surface area contributed by atoms with E-state index in [9.17, 15) is 8.42 Å². The third kappa shape index (κ3) is 2.97. The molecule has 2 rings (SSSR count). The molecule has 0 radical (unpaired) electrons. The van der Waals surface area contributed by atoms with Crippen molar-refractivity contribution in [2.75, 3.05) is 30.0 Å². The predicted octanol–water partition coefficient (Wildman–Crippen LogP) is -0.181. The van der Waals surface area contributed by atoms with Gasteiger partial charge in [-0.2, -0.15) is 0 Å². The van der Waals surface area contributed by atoms with Crippen LogP contribution in [0.15, 0.2) is 12.4 Å². The molecule has 1 N–H and O–H groups in total. The molecule has 1 unspecified atom stereocenters. The van der Waals surface area contributed by atoms with Crippen LogP contribution >= 0.6 is 0 Å². The van der Waals surface area contributed by atoms with Gasteiger partial charge in [0.25, 0.3) is 0 Å². The van der Waals surface area contributed by atoms with Gasteiger partial charge in [-0.05, 0) is 14.0 Å². The molecule has 0 bridgehead atoms. The third-order valence-corrected chi connectivity index (χ3v) is 4.79. The SMILES string of the molecule is CNCc1cnc(N2CCS(=O)(=O)CC2C)nc1. The predicted molar refractivity (Wildman–Crippen MR) is 70.3 cm³/mol. The van der Waals surface area contributed by atoms with Gasteiger partial charge >= 0.3 is 0 Å². The van der Waals surface area contributed by atoms with Gasteiger partial charge in [-0.3, -0.25) is 0 Å². The Kier molecular flexibility index (Phi) is 3.82. The van der Waals surface area contributed by atoms with Gasteiger partial charge < -0.3 is 10.2 Å². The van der Waals surface area contributed by atoms with Crippen molar-refractivity contribution in [1.82, 2.24) is 15.3 Å². The zero-order valence-corrected chi connectivity index (χ0v) is 11.4. The molecule has 18 heavy (non-hydrogen) atoms. The molecule has 0 saturated carbocycles. The van der Waals surface area contributed by atoms with Gasteiger partial charge in [-0.15, -0.1) is 0 Å². The molecule has 7 heteroatoms. The van der Waals surface area contributed by atoms with E-state index in [0.717, 1.165) is 12.1 Å². The summed E-state index contributed by atoms with van der Waals surface area (Å²) in [5, 5.41) is 3.03. The third-order valence-electron chi connectivity index (χ3n) is 3.00. The number of nitrogens with one attached hydrogen (secondary N) is 1. The first-order valence-electron chi connectivity index (χ1n) is 5.94. The summed E-state index contributed by atoms with van der Waals surface area (Å²) in [5.74, 6) is 0.963. The van der Waals surface area contributed by atoms with E-state index in [-0.39, 0.29) is 17.5 Å². The van der Waals surface area contributed by atoms with Crippen LogP contribution in [0, 0.1) is 0 Å². The number of nitrogens with zero attached hydrogens (tertiary/aromatic N) is 3. The highest BCUT2D eigenvalue weighted by atomic mass is 32.2. The van der Waals surface area contributed by atoms with E-state index in [0.29, 0.717) is 12.5 Å². The minimum atomic E-state index is -2.90. The van der Waals surface area contributed by atoms with E-state index in [4.69, 9.17) is 0 Å². The molecule has 1 atom stereocenters. The summed E-state index contributed by atoms with van der Waals surface area (Å²) in [6.07, 6.45) is 3.54. The molecule has 0 amide bonds. The summed E-state index contributed by atoms with van der Waals surface area (Å²) < 4.78 is 23.0. The van der Waals surface area contributed by atoms with Crippen molar-refractivity contribution in [1.29, 1.82) is 0 Å². The normalized spacial score (nSPS) is 23.0. The van der Waals surface area contributed by atoms with E-state index in [1.54, 1.807) is 12.4 Å². The molecule has 1 fully saturated rings. The molecule has 100 valence electrons. The second-order valence-electron chi connectivity index (χ2n) is 4.58. The van der Waals surface area contributed by atoms with Crippen LogP contribution in [-0.4, -0.2) is 49.5 Å². The van der Waals surface area contributed by atoms with E-state index in [2.05, 4.69) is 15.3 Å². The van der Waals surface area contributed by atoms with Gasteiger partial charge in [-0.1, -0.05) is 0 Å². The van der Waals surface area contributed by atoms with Crippen LogP contribution in [0.2, 0.25) is 0 Å². The Labute approximate surface area is 107 Å². The van der Waals surface area contributed by atoms with Crippen molar-refractivity contribution >= 4 is 15.8 Å². The average molecular weight is 270 g/mol. The largest absolute Gasteiger partial charge is 0.336 e. The molecular formula is C11H18N4O2S. The highest BCUT2D eigenvalue weighted by Gasteiger charge is 2.29. The Balaban J connectivity index is 2.12. The number of anilines is 1. The molecule has 0 spiro atoms. The van der Waals surface area contributed by atoms with Gasteiger partial charge in [0, 0.05) is 37.1 Å². The average Bonchev–Trinajstić information content (AvgIpc) is 2.30. The molecule has 2 heterocycles. The molecule has 1 aromatic rings. The van der Waals surface area contributed by atoms with Crippen molar-refractivity contribution in [2.45, 2.75) is 19.5 Å². The molecule has 1 aliphatic rings. The monoisotopic (exact) mass is 270 g/mol. The minimum Gasteiger partial charge on any atom is -0.336 e. The van der Waals surface area contributed by atoms with Crippen LogP contribution in [0.1, 0.15) is 12.5 Å². The van der Waals surface area contributed by atoms with Crippen molar-refractivity contribution in [3.63, 3.8) is 0 Å². The number of sulfone groups is 1. The summed E-state index contributed by atoms with van der Waals surface area (Å²) in [5.41, 5.74) is 1.01. The highest BCUT2D eigenvalue weighted by Crippen LogP contribution is 2.17. The van der Waals surface area contributed by atoms with Crippen molar-refractivity contribution in [3.05, 3.63) is 18.0 Å². The van der Waals surface area contributed by atoms with Gasteiger partial charge in [0.05, 0.1) is 11.5 Å². The molecule has 0 aliphatic carbocycles. The van der Waals surface area contributed by atoms with Crippen LogP contribution in [0.25, 0.3) is 0 Å². The Morgan fingerprint density at radius 2 is 2.11 bits per heavy atom. The zero-order valence-electron chi connectivity index (χ0n) is 10.6. The van der Waals surface area contributed by atoms with Crippen LogP contribution in [0.4, 0.5) is 5.95 Å². The fraction of sp³-hybridized carbons (Fsp3) is 0.636. The van der Waals surface area contributed by atoms with E-state index >= 15 is 0 Å². The van der Waals surface area contributed by atoms with Crippen molar-refractivity contribution in [2.24, 2.45) is 0 Å². The second kappa shape index (κ2) is 5.19. The van der Waals surface area contributed by atoms with E-state index in [1.165, 1.54) is 0 Å². The first kappa shape index (κ1) is 13.2. The van der Waals surface area contributed by atoms with Crippen LogP contribution in [0.3, 0.4) is 0 Å². The summed E-state index contributed by atoms with van der Waals surface area (Å²) >= 11 is 0. The minimum absolute atomic E-state index is 0.0705.